The molecule has 0 radical (unpaired) electrons. The fourth-order valence-electron chi connectivity index (χ4n) is 3.53. The van der Waals surface area contributed by atoms with Gasteiger partial charge in [-0.1, -0.05) is 6.07 Å². The Hall–Kier alpha value is -2.12. The molecular formula is C22H28Cl3N5O. The number of halogens is 3. The van der Waals surface area contributed by atoms with Crippen LogP contribution in [0.2, 0.25) is 0 Å². The summed E-state index contributed by atoms with van der Waals surface area (Å²) in [7, 11) is 1.67. The average Bonchev–Trinajstić information content (AvgIpc) is 2.74. The molecule has 0 amide bonds. The van der Waals surface area contributed by atoms with Crippen LogP contribution in [0.25, 0.3) is 23.1 Å². The molecular weight excluding hydrogens is 457 g/mol. The lowest BCUT2D eigenvalue weighted by Crippen LogP contribution is -2.33. The molecule has 0 aliphatic heterocycles. The Bertz CT molecular complexity index is 980. The summed E-state index contributed by atoms with van der Waals surface area (Å²) < 4.78 is 5.39. The molecule has 168 valence electrons. The van der Waals surface area contributed by atoms with Crippen molar-refractivity contribution in [2.24, 2.45) is 5.73 Å². The lowest BCUT2D eigenvalue weighted by molar-refractivity contribution is 0.410. The summed E-state index contributed by atoms with van der Waals surface area (Å²) in [5.41, 5.74) is 7.81. The zero-order valence-corrected chi connectivity index (χ0v) is 19.7. The fraction of sp³-hybridized carbons (Fsp3) is 0.318. The van der Waals surface area contributed by atoms with Crippen LogP contribution in [0.3, 0.4) is 0 Å². The standard InChI is InChI=1S/C22H25N5O.3ClH/c1-28-18-10-11-20-19(14-18)22(25-17-7-5-15(23)6-8-17)27-21(26-20)12-9-16-4-2-3-13-24-16;;;/h2-4,9-15,17H,5-8,23H2,1H3,(H,25,26,27);3*1H/b12-9-;;;. The van der Waals surface area contributed by atoms with E-state index in [9.17, 15) is 0 Å². The molecule has 2 aromatic heterocycles. The van der Waals surface area contributed by atoms with Crippen molar-refractivity contribution in [2.45, 2.75) is 37.8 Å². The minimum Gasteiger partial charge on any atom is -0.497 e. The zero-order valence-electron chi connectivity index (χ0n) is 17.2. The van der Waals surface area contributed by atoms with E-state index in [0.717, 1.165) is 53.8 Å². The third-order valence-electron chi connectivity index (χ3n) is 5.12. The highest BCUT2D eigenvalue weighted by Gasteiger charge is 2.20. The number of hydrogen-bond acceptors (Lipinski definition) is 6. The molecule has 1 aliphatic carbocycles. The van der Waals surface area contributed by atoms with Crippen molar-refractivity contribution in [1.29, 1.82) is 0 Å². The van der Waals surface area contributed by atoms with Gasteiger partial charge in [0.05, 0.1) is 18.3 Å². The van der Waals surface area contributed by atoms with E-state index in [-0.39, 0.29) is 37.2 Å². The highest BCUT2D eigenvalue weighted by atomic mass is 35.5. The predicted octanol–water partition coefficient (Wildman–Crippen LogP) is 5.15. The summed E-state index contributed by atoms with van der Waals surface area (Å²) in [5, 5.41) is 4.58. The molecule has 0 unspecified atom stereocenters. The number of anilines is 1. The van der Waals surface area contributed by atoms with Crippen LogP contribution < -0.4 is 15.8 Å². The molecule has 3 aromatic rings. The summed E-state index contributed by atoms with van der Waals surface area (Å²) in [6.45, 7) is 0. The van der Waals surface area contributed by atoms with Gasteiger partial charge in [-0.3, -0.25) is 4.98 Å². The molecule has 0 spiro atoms. The van der Waals surface area contributed by atoms with Gasteiger partial charge >= 0.3 is 0 Å². The van der Waals surface area contributed by atoms with Gasteiger partial charge in [0.1, 0.15) is 11.6 Å². The topological polar surface area (TPSA) is 86.0 Å². The fourth-order valence-corrected chi connectivity index (χ4v) is 3.53. The van der Waals surface area contributed by atoms with E-state index in [2.05, 4.69) is 10.3 Å². The second-order valence-corrected chi connectivity index (χ2v) is 7.16. The molecule has 1 saturated carbocycles. The van der Waals surface area contributed by atoms with E-state index in [1.54, 1.807) is 13.3 Å². The van der Waals surface area contributed by atoms with Gasteiger partial charge in [0.2, 0.25) is 0 Å². The van der Waals surface area contributed by atoms with Gasteiger partial charge in [-0.2, -0.15) is 0 Å². The van der Waals surface area contributed by atoms with Gasteiger partial charge in [-0.15, -0.1) is 37.2 Å². The number of ether oxygens (including phenoxy) is 1. The Kier molecular flexibility index (Phi) is 11.0. The minimum atomic E-state index is 0. The third kappa shape index (κ3) is 6.94. The molecule has 1 aromatic carbocycles. The van der Waals surface area contributed by atoms with Crippen molar-refractivity contribution < 1.29 is 4.74 Å². The van der Waals surface area contributed by atoms with Crippen LogP contribution in [-0.2, 0) is 0 Å². The van der Waals surface area contributed by atoms with Gasteiger partial charge in [-0.25, -0.2) is 9.97 Å². The first kappa shape index (κ1) is 26.9. The van der Waals surface area contributed by atoms with Crippen LogP contribution in [-0.4, -0.2) is 34.1 Å². The maximum Gasteiger partial charge on any atom is 0.155 e. The summed E-state index contributed by atoms with van der Waals surface area (Å²) >= 11 is 0. The first-order valence-electron chi connectivity index (χ1n) is 9.68. The van der Waals surface area contributed by atoms with Gasteiger partial charge < -0.3 is 15.8 Å². The maximum absolute atomic E-state index is 6.05. The number of nitrogens with zero attached hydrogens (tertiary/aromatic N) is 3. The molecule has 4 rings (SSSR count). The van der Waals surface area contributed by atoms with Crippen LogP contribution in [0.15, 0.2) is 42.6 Å². The summed E-state index contributed by atoms with van der Waals surface area (Å²) in [6.07, 6.45) is 9.77. The molecule has 6 nitrogen and oxygen atoms in total. The SMILES string of the molecule is COc1ccc2nc(/C=C\c3ccccn3)nc(NC3CCC(N)CC3)c2c1.Cl.Cl.Cl. The number of methoxy groups -OCH3 is 1. The summed E-state index contributed by atoms with van der Waals surface area (Å²) in [4.78, 5) is 13.8. The first-order valence-corrected chi connectivity index (χ1v) is 9.68. The van der Waals surface area contributed by atoms with Crippen molar-refractivity contribution in [3.63, 3.8) is 0 Å². The highest BCUT2D eigenvalue weighted by molar-refractivity contribution is 5.91. The number of aromatic nitrogens is 3. The summed E-state index contributed by atoms with van der Waals surface area (Å²) in [5.74, 6) is 2.28. The average molecular weight is 485 g/mol. The molecule has 0 atom stereocenters. The Morgan fingerprint density at radius 1 is 1.00 bits per heavy atom. The van der Waals surface area contributed by atoms with Gasteiger partial charge in [-0.05, 0) is 68.2 Å². The van der Waals surface area contributed by atoms with Crippen molar-refractivity contribution in [1.82, 2.24) is 15.0 Å². The Labute approximate surface area is 201 Å². The number of pyridine rings is 1. The van der Waals surface area contributed by atoms with E-state index in [4.69, 9.17) is 20.4 Å². The maximum atomic E-state index is 6.05. The Morgan fingerprint density at radius 2 is 1.77 bits per heavy atom. The van der Waals surface area contributed by atoms with E-state index in [1.165, 1.54) is 0 Å². The highest BCUT2D eigenvalue weighted by Crippen LogP contribution is 2.28. The van der Waals surface area contributed by atoms with E-state index in [0.29, 0.717) is 17.9 Å². The molecule has 1 aliphatic rings. The first-order chi connectivity index (χ1) is 13.7. The second-order valence-electron chi connectivity index (χ2n) is 7.16. The van der Waals surface area contributed by atoms with Crippen LogP contribution in [0, 0.1) is 0 Å². The lowest BCUT2D eigenvalue weighted by Gasteiger charge is -2.27. The third-order valence-corrected chi connectivity index (χ3v) is 5.12. The minimum absolute atomic E-state index is 0. The van der Waals surface area contributed by atoms with Gasteiger partial charge in [0.25, 0.3) is 0 Å². The van der Waals surface area contributed by atoms with Gasteiger partial charge in [0, 0.05) is 23.7 Å². The second kappa shape index (κ2) is 12.7. The molecule has 0 bridgehead atoms. The Morgan fingerprint density at radius 3 is 2.45 bits per heavy atom. The van der Waals surface area contributed by atoms with Crippen molar-refractivity contribution in [3.05, 3.63) is 54.1 Å². The normalized spacial score (nSPS) is 17.9. The predicted molar refractivity (Wildman–Crippen MR) is 135 cm³/mol. The largest absolute Gasteiger partial charge is 0.497 e. The van der Waals surface area contributed by atoms with Crippen molar-refractivity contribution in [3.8, 4) is 5.75 Å². The van der Waals surface area contributed by atoms with E-state index < -0.39 is 0 Å². The molecule has 1 fully saturated rings. The van der Waals surface area contributed by atoms with E-state index in [1.807, 2.05) is 48.6 Å². The lowest BCUT2D eigenvalue weighted by atomic mass is 9.92. The molecule has 2 heterocycles. The van der Waals surface area contributed by atoms with Crippen LogP contribution in [0.5, 0.6) is 5.75 Å². The zero-order chi connectivity index (χ0) is 19.3. The van der Waals surface area contributed by atoms with Crippen molar-refractivity contribution >= 4 is 66.1 Å². The number of nitrogens with one attached hydrogen (secondary N) is 1. The number of fused-ring (bicyclic) bond motifs is 1. The van der Waals surface area contributed by atoms with Crippen molar-refractivity contribution in [2.75, 3.05) is 12.4 Å². The smallest absolute Gasteiger partial charge is 0.155 e. The number of rotatable bonds is 5. The molecule has 9 heteroatoms. The van der Waals surface area contributed by atoms with Crippen LogP contribution in [0.1, 0.15) is 37.2 Å². The molecule has 31 heavy (non-hydrogen) atoms. The van der Waals surface area contributed by atoms with Gasteiger partial charge in [0.15, 0.2) is 5.82 Å². The quantitative estimate of drug-likeness (QED) is 0.521. The monoisotopic (exact) mass is 483 g/mol. The number of benzene rings is 1. The number of hydrogen-bond donors (Lipinski definition) is 2. The number of nitrogens with two attached hydrogens (primary N) is 1. The van der Waals surface area contributed by atoms with E-state index >= 15 is 0 Å². The molecule has 0 saturated heterocycles. The Balaban J connectivity index is 0.00000160. The summed E-state index contributed by atoms with van der Waals surface area (Å²) in [6, 6.07) is 12.4. The van der Waals surface area contributed by atoms with Crippen LogP contribution >= 0.6 is 37.2 Å². The molecule has 3 N–H and O–H groups in total. The van der Waals surface area contributed by atoms with Crippen LogP contribution in [0.4, 0.5) is 5.82 Å².